The van der Waals surface area contributed by atoms with E-state index in [9.17, 15) is 4.39 Å². The summed E-state index contributed by atoms with van der Waals surface area (Å²) in [6, 6.07) is 6.33. The van der Waals surface area contributed by atoms with Crippen molar-refractivity contribution in [3.8, 4) is 22.4 Å². The second-order valence-corrected chi connectivity index (χ2v) is 5.25. The van der Waals surface area contributed by atoms with Crippen LogP contribution in [0.3, 0.4) is 0 Å². The second kappa shape index (κ2) is 5.46. The lowest BCUT2D eigenvalue weighted by molar-refractivity contribution is 0.415. The van der Waals surface area contributed by atoms with E-state index in [1.807, 2.05) is 0 Å². The largest absolute Gasteiger partial charge is 0.496 e. The molecule has 92 valence electrons. The number of nitriles is 1. The normalized spacial score (nSPS) is 10.1. The van der Waals surface area contributed by atoms with Crippen LogP contribution in [0.1, 0.15) is 4.88 Å². The van der Waals surface area contributed by atoms with Crippen LogP contribution in [0.15, 0.2) is 22.8 Å². The maximum atomic E-state index is 13.3. The molecule has 0 spiro atoms. The molecule has 0 aliphatic heterocycles. The van der Waals surface area contributed by atoms with Crippen molar-refractivity contribution < 1.29 is 9.13 Å². The minimum Gasteiger partial charge on any atom is -0.496 e. The van der Waals surface area contributed by atoms with Gasteiger partial charge in [0.15, 0.2) is 0 Å². The van der Waals surface area contributed by atoms with E-state index < -0.39 is 0 Å². The third-order valence-electron chi connectivity index (χ3n) is 2.28. The Hall–Kier alpha value is -1.45. The molecule has 0 radical (unpaired) electrons. The number of aromatic nitrogens is 1. The molecule has 0 N–H and O–H groups in total. The van der Waals surface area contributed by atoms with Gasteiger partial charge in [0.05, 0.1) is 30.0 Å². The molecule has 0 saturated heterocycles. The van der Waals surface area contributed by atoms with Crippen molar-refractivity contribution in [2.45, 2.75) is 6.42 Å². The Morgan fingerprint density at radius 2 is 2.33 bits per heavy atom. The van der Waals surface area contributed by atoms with Gasteiger partial charge in [0, 0.05) is 0 Å². The highest BCUT2D eigenvalue weighted by molar-refractivity contribution is 9.10. The van der Waals surface area contributed by atoms with E-state index in [2.05, 4.69) is 27.0 Å². The Morgan fingerprint density at radius 1 is 1.56 bits per heavy atom. The summed E-state index contributed by atoms with van der Waals surface area (Å²) < 4.78 is 19.1. The van der Waals surface area contributed by atoms with E-state index >= 15 is 0 Å². The van der Waals surface area contributed by atoms with Crippen LogP contribution in [-0.2, 0) is 6.42 Å². The number of rotatable bonds is 3. The van der Waals surface area contributed by atoms with E-state index in [1.165, 1.54) is 30.6 Å². The maximum absolute atomic E-state index is 13.3. The van der Waals surface area contributed by atoms with E-state index in [0.717, 1.165) is 4.88 Å². The van der Waals surface area contributed by atoms with Gasteiger partial charge in [0.2, 0.25) is 0 Å². The predicted molar refractivity (Wildman–Crippen MR) is 71.1 cm³/mol. The number of halogens is 2. The van der Waals surface area contributed by atoms with Crippen LogP contribution < -0.4 is 4.74 Å². The molecule has 1 aromatic carbocycles. The molecule has 2 aromatic rings. The number of thiazole rings is 1. The molecule has 0 amide bonds. The Bertz CT molecular complexity index is 621. The quantitative estimate of drug-likeness (QED) is 0.862. The number of methoxy groups -OCH3 is 1. The molecule has 0 saturated carbocycles. The molecule has 0 unspecified atom stereocenters. The summed E-state index contributed by atoms with van der Waals surface area (Å²) in [5, 5.41) is 9.32. The van der Waals surface area contributed by atoms with E-state index in [4.69, 9.17) is 10.00 Å². The zero-order chi connectivity index (χ0) is 13.1. The molecule has 18 heavy (non-hydrogen) atoms. The molecule has 0 atom stereocenters. The average molecular weight is 327 g/mol. The highest BCUT2D eigenvalue weighted by Crippen LogP contribution is 2.36. The topological polar surface area (TPSA) is 45.9 Å². The van der Waals surface area contributed by atoms with Crippen LogP contribution in [-0.4, -0.2) is 12.1 Å². The zero-order valence-electron chi connectivity index (χ0n) is 9.41. The summed E-state index contributed by atoms with van der Waals surface area (Å²) in [5.74, 6) is 0.208. The molecule has 1 heterocycles. The summed E-state index contributed by atoms with van der Waals surface area (Å²) in [4.78, 5) is 5.10. The Labute approximate surface area is 116 Å². The Balaban J connectivity index is 2.51. The first-order chi connectivity index (χ1) is 8.65. The first-order valence-electron chi connectivity index (χ1n) is 5.01. The van der Waals surface area contributed by atoms with Crippen molar-refractivity contribution in [2.75, 3.05) is 7.11 Å². The van der Waals surface area contributed by atoms with Gasteiger partial charge in [-0.15, -0.1) is 11.3 Å². The first kappa shape index (κ1) is 13.0. The van der Waals surface area contributed by atoms with Gasteiger partial charge < -0.3 is 4.74 Å². The molecular formula is C12H8BrFN2OS. The van der Waals surface area contributed by atoms with Gasteiger partial charge in [-0.25, -0.2) is 9.37 Å². The summed E-state index contributed by atoms with van der Waals surface area (Å²) in [7, 11) is 1.52. The predicted octanol–water partition coefficient (Wildman–Crippen LogP) is 3.79. The smallest absolute Gasteiger partial charge is 0.129 e. The Kier molecular flexibility index (Phi) is 3.94. The number of benzene rings is 1. The van der Waals surface area contributed by atoms with Crippen molar-refractivity contribution in [3.05, 3.63) is 33.5 Å². The van der Waals surface area contributed by atoms with E-state index in [1.54, 1.807) is 6.07 Å². The maximum Gasteiger partial charge on any atom is 0.129 e. The molecule has 6 heteroatoms. The Morgan fingerprint density at radius 3 is 3.00 bits per heavy atom. The molecule has 3 nitrogen and oxygen atoms in total. The third-order valence-corrected chi connectivity index (χ3v) is 4.29. The van der Waals surface area contributed by atoms with Crippen LogP contribution in [0.25, 0.3) is 10.6 Å². The van der Waals surface area contributed by atoms with Gasteiger partial charge in [-0.05, 0) is 34.1 Å². The van der Waals surface area contributed by atoms with Gasteiger partial charge in [0.1, 0.15) is 21.2 Å². The zero-order valence-corrected chi connectivity index (χ0v) is 11.8. The second-order valence-electron chi connectivity index (χ2n) is 3.41. The lowest BCUT2D eigenvalue weighted by atomic mass is 10.2. The highest BCUT2D eigenvalue weighted by Gasteiger charge is 2.14. The number of hydrogen-bond acceptors (Lipinski definition) is 4. The molecule has 0 aliphatic rings. The van der Waals surface area contributed by atoms with Crippen molar-refractivity contribution >= 4 is 27.3 Å². The van der Waals surface area contributed by atoms with Crippen LogP contribution >= 0.6 is 27.3 Å². The lowest BCUT2D eigenvalue weighted by Crippen LogP contribution is -1.88. The average Bonchev–Trinajstić information content (AvgIpc) is 2.71. The molecular weight excluding hydrogens is 319 g/mol. The molecule has 0 aliphatic carbocycles. The van der Waals surface area contributed by atoms with E-state index in [0.29, 0.717) is 20.9 Å². The summed E-state index contributed by atoms with van der Waals surface area (Å²) >= 11 is 4.64. The lowest BCUT2D eigenvalue weighted by Gasteiger charge is -2.05. The van der Waals surface area contributed by atoms with Gasteiger partial charge in [0.25, 0.3) is 0 Å². The van der Waals surface area contributed by atoms with Crippen molar-refractivity contribution in [1.82, 2.24) is 4.98 Å². The molecule has 1 aromatic heterocycles. The molecule has 0 bridgehead atoms. The SMILES string of the molecule is COc1ccc(F)cc1-c1nc(Br)c(CC#N)s1. The van der Waals surface area contributed by atoms with Gasteiger partial charge in [-0.2, -0.15) is 5.26 Å². The third kappa shape index (κ3) is 2.52. The highest BCUT2D eigenvalue weighted by atomic mass is 79.9. The van der Waals surface area contributed by atoms with Crippen molar-refractivity contribution in [2.24, 2.45) is 0 Å². The van der Waals surface area contributed by atoms with E-state index in [-0.39, 0.29) is 12.2 Å². The fourth-order valence-corrected chi connectivity index (χ4v) is 3.06. The molecule has 0 fully saturated rings. The standard InChI is InChI=1S/C12H8BrFN2OS/c1-17-9-3-2-7(14)6-8(9)12-16-11(13)10(18-12)4-5-15/h2-3,6H,4H2,1H3. The summed E-state index contributed by atoms with van der Waals surface area (Å²) in [6.45, 7) is 0. The minimum atomic E-state index is -0.348. The van der Waals surface area contributed by atoms with Gasteiger partial charge in [-0.1, -0.05) is 0 Å². The van der Waals surface area contributed by atoms with Crippen LogP contribution in [0.5, 0.6) is 5.75 Å². The molecule has 2 rings (SSSR count). The van der Waals surface area contributed by atoms with Crippen molar-refractivity contribution in [1.29, 1.82) is 5.26 Å². The van der Waals surface area contributed by atoms with Crippen molar-refractivity contribution in [3.63, 3.8) is 0 Å². The monoisotopic (exact) mass is 326 g/mol. The number of ether oxygens (including phenoxy) is 1. The summed E-state index contributed by atoms with van der Waals surface area (Å²) in [5.41, 5.74) is 0.590. The van der Waals surface area contributed by atoms with Gasteiger partial charge >= 0.3 is 0 Å². The fraction of sp³-hybridized carbons (Fsp3) is 0.167. The fourth-order valence-electron chi connectivity index (χ4n) is 1.48. The van der Waals surface area contributed by atoms with Gasteiger partial charge in [-0.3, -0.25) is 0 Å². The van der Waals surface area contributed by atoms with Crippen LogP contribution in [0.4, 0.5) is 4.39 Å². The summed E-state index contributed by atoms with van der Waals surface area (Å²) in [6.07, 6.45) is 0.274. The number of hydrogen-bond donors (Lipinski definition) is 0. The number of nitrogens with zero attached hydrogens (tertiary/aromatic N) is 2. The van der Waals surface area contributed by atoms with Crippen LogP contribution in [0, 0.1) is 17.1 Å². The minimum absolute atomic E-state index is 0.274. The first-order valence-corrected chi connectivity index (χ1v) is 6.62. The van der Waals surface area contributed by atoms with Crippen LogP contribution in [0.2, 0.25) is 0 Å².